The summed E-state index contributed by atoms with van der Waals surface area (Å²) < 4.78 is 0. The standard InChI is InChI=1S/C14H19N3/c1-12(9-15)16-14-7-8-17(11-14)10-13-5-3-2-4-6-13/h2-6,12,14,16H,7-8,10-11H2,1H3. The molecule has 0 radical (unpaired) electrons. The third-order valence-corrected chi connectivity index (χ3v) is 3.20. The molecule has 90 valence electrons. The van der Waals surface area contributed by atoms with Crippen LogP contribution in [0.25, 0.3) is 0 Å². The number of rotatable bonds is 4. The quantitative estimate of drug-likeness (QED) is 0.855. The van der Waals surface area contributed by atoms with Crippen LogP contribution in [0, 0.1) is 11.3 Å². The Kier molecular flexibility index (Phi) is 4.13. The van der Waals surface area contributed by atoms with Gasteiger partial charge in [-0.05, 0) is 18.9 Å². The average Bonchev–Trinajstić information content (AvgIpc) is 2.77. The Hall–Kier alpha value is -1.37. The van der Waals surface area contributed by atoms with Crippen LogP contribution >= 0.6 is 0 Å². The Labute approximate surface area is 103 Å². The van der Waals surface area contributed by atoms with E-state index in [1.807, 2.05) is 13.0 Å². The molecule has 0 saturated carbocycles. The summed E-state index contributed by atoms with van der Waals surface area (Å²) in [5, 5.41) is 12.1. The molecule has 0 aliphatic carbocycles. The van der Waals surface area contributed by atoms with Gasteiger partial charge in [-0.25, -0.2) is 0 Å². The fourth-order valence-electron chi connectivity index (χ4n) is 2.34. The molecule has 1 fully saturated rings. The Morgan fingerprint density at radius 2 is 2.24 bits per heavy atom. The number of likely N-dealkylation sites (tertiary alicyclic amines) is 1. The maximum atomic E-state index is 8.77. The number of hydrogen-bond acceptors (Lipinski definition) is 3. The highest BCUT2D eigenvalue weighted by atomic mass is 15.2. The predicted molar refractivity (Wildman–Crippen MR) is 68.3 cm³/mol. The molecule has 3 heteroatoms. The number of nitriles is 1. The molecule has 2 atom stereocenters. The van der Waals surface area contributed by atoms with Gasteiger partial charge in [-0.15, -0.1) is 0 Å². The normalized spacial score (nSPS) is 22.2. The predicted octanol–water partition coefficient (Wildman–Crippen LogP) is 1.76. The zero-order valence-corrected chi connectivity index (χ0v) is 10.3. The van der Waals surface area contributed by atoms with Gasteiger partial charge in [0, 0.05) is 25.7 Å². The minimum Gasteiger partial charge on any atom is -0.298 e. The van der Waals surface area contributed by atoms with E-state index in [2.05, 4.69) is 40.6 Å². The van der Waals surface area contributed by atoms with Gasteiger partial charge < -0.3 is 0 Å². The summed E-state index contributed by atoms with van der Waals surface area (Å²) in [7, 11) is 0. The number of hydrogen-bond donors (Lipinski definition) is 1. The van der Waals surface area contributed by atoms with Crippen molar-refractivity contribution in [1.29, 1.82) is 5.26 Å². The van der Waals surface area contributed by atoms with Gasteiger partial charge in [0.2, 0.25) is 0 Å². The van der Waals surface area contributed by atoms with Crippen molar-refractivity contribution in [3.8, 4) is 6.07 Å². The van der Waals surface area contributed by atoms with E-state index in [4.69, 9.17) is 5.26 Å². The SMILES string of the molecule is CC(C#N)NC1CCN(Cc2ccccc2)C1. The van der Waals surface area contributed by atoms with Gasteiger partial charge in [-0.1, -0.05) is 30.3 Å². The molecule has 1 aromatic carbocycles. The van der Waals surface area contributed by atoms with E-state index in [9.17, 15) is 0 Å². The fourth-order valence-corrected chi connectivity index (χ4v) is 2.34. The lowest BCUT2D eigenvalue weighted by Crippen LogP contribution is -2.37. The first-order valence-corrected chi connectivity index (χ1v) is 6.20. The molecule has 1 aromatic rings. The fraction of sp³-hybridized carbons (Fsp3) is 0.500. The maximum Gasteiger partial charge on any atom is 0.0927 e. The smallest absolute Gasteiger partial charge is 0.0927 e. The second kappa shape index (κ2) is 5.81. The van der Waals surface area contributed by atoms with Gasteiger partial charge in [-0.2, -0.15) is 5.26 Å². The number of benzene rings is 1. The van der Waals surface area contributed by atoms with E-state index in [1.165, 1.54) is 5.56 Å². The molecule has 1 heterocycles. The summed E-state index contributed by atoms with van der Waals surface area (Å²) in [5.74, 6) is 0. The van der Waals surface area contributed by atoms with Crippen LogP contribution in [-0.4, -0.2) is 30.1 Å². The van der Waals surface area contributed by atoms with Gasteiger partial charge in [0.15, 0.2) is 0 Å². The van der Waals surface area contributed by atoms with Crippen LogP contribution in [0.1, 0.15) is 18.9 Å². The van der Waals surface area contributed by atoms with Crippen LogP contribution in [-0.2, 0) is 6.54 Å². The molecule has 1 aliphatic rings. The van der Waals surface area contributed by atoms with Crippen molar-refractivity contribution in [2.45, 2.75) is 32.0 Å². The van der Waals surface area contributed by atoms with Gasteiger partial charge in [0.05, 0.1) is 12.1 Å². The lowest BCUT2D eigenvalue weighted by Gasteiger charge is -2.17. The van der Waals surface area contributed by atoms with E-state index in [0.29, 0.717) is 6.04 Å². The third kappa shape index (κ3) is 3.55. The molecular weight excluding hydrogens is 210 g/mol. The summed E-state index contributed by atoms with van der Waals surface area (Å²) in [6.07, 6.45) is 1.14. The Balaban J connectivity index is 1.81. The summed E-state index contributed by atoms with van der Waals surface area (Å²) in [4.78, 5) is 2.44. The second-order valence-electron chi connectivity index (χ2n) is 4.72. The summed E-state index contributed by atoms with van der Waals surface area (Å²) in [5.41, 5.74) is 1.36. The highest BCUT2D eigenvalue weighted by Crippen LogP contribution is 2.13. The van der Waals surface area contributed by atoms with E-state index >= 15 is 0 Å². The molecule has 0 bridgehead atoms. The molecular formula is C14H19N3. The molecule has 1 saturated heterocycles. The van der Waals surface area contributed by atoms with Gasteiger partial charge in [-0.3, -0.25) is 10.2 Å². The zero-order valence-electron chi connectivity index (χ0n) is 10.3. The van der Waals surface area contributed by atoms with Crippen molar-refractivity contribution in [2.75, 3.05) is 13.1 Å². The van der Waals surface area contributed by atoms with Gasteiger partial charge >= 0.3 is 0 Å². The van der Waals surface area contributed by atoms with Crippen molar-refractivity contribution in [1.82, 2.24) is 10.2 Å². The minimum atomic E-state index is -0.0447. The summed E-state index contributed by atoms with van der Waals surface area (Å²) in [6.45, 7) is 5.09. The monoisotopic (exact) mass is 229 g/mol. The first kappa shape index (κ1) is 12.1. The van der Waals surface area contributed by atoms with Crippen LogP contribution in [0.3, 0.4) is 0 Å². The van der Waals surface area contributed by atoms with Crippen LogP contribution in [0.5, 0.6) is 0 Å². The van der Waals surface area contributed by atoms with Gasteiger partial charge in [0.1, 0.15) is 0 Å². The maximum absolute atomic E-state index is 8.77. The summed E-state index contributed by atoms with van der Waals surface area (Å²) in [6, 6.07) is 13.2. The van der Waals surface area contributed by atoms with Crippen molar-refractivity contribution in [3.05, 3.63) is 35.9 Å². The molecule has 1 N–H and O–H groups in total. The molecule has 2 unspecified atom stereocenters. The molecule has 0 spiro atoms. The number of nitrogens with one attached hydrogen (secondary N) is 1. The van der Waals surface area contributed by atoms with Crippen LogP contribution in [0.4, 0.5) is 0 Å². The first-order valence-electron chi connectivity index (χ1n) is 6.20. The van der Waals surface area contributed by atoms with Crippen molar-refractivity contribution >= 4 is 0 Å². The topological polar surface area (TPSA) is 39.1 Å². The van der Waals surface area contributed by atoms with Crippen LogP contribution in [0.15, 0.2) is 30.3 Å². The highest BCUT2D eigenvalue weighted by Gasteiger charge is 2.23. The largest absolute Gasteiger partial charge is 0.298 e. The number of nitrogens with zero attached hydrogens (tertiary/aromatic N) is 2. The van der Waals surface area contributed by atoms with Crippen LogP contribution < -0.4 is 5.32 Å². The molecule has 3 nitrogen and oxygen atoms in total. The van der Waals surface area contributed by atoms with E-state index in [0.717, 1.165) is 26.1 Å². The lowest BCUT2D eigenvalue weighted by molar-refractivity contribution is 0.319. The molecule has 17 heavy (non-hydrogen) atoms. The third-order valence-electron chi connectivity index (χ3n) is 3.20. The van der Waals surface area contributed by atoms with Crippen LogP contribution in [0.2, 0.25) is 0 Å². The summed E-state index contributed by atoms with van der Waals surface area (Å²) >= 11 is 0. The van der Waals surface area contributed by atoms with Crippen molar-refractivity contribution in [2.24, 2.45) is 0 Å². The van der Waals surface area contributed by atoms with E-state index in [-0.39, 0.29) is 6.04 Å². The van der Waals surface area contributed by atoms with Crippen molar-refractivity contribution in [3.63, 3.8) is 0 Å². The zero-order chi connectivity index (χ0) is 12.1. The first-order chi connectivity index (χ1) is 8.28. The molecule has 2 rings (SSSR count). The molecule has 0 amide bonds. The van der Waals surface area contributed by atoms with E-state index in [1.54, 1.807) is 0 Å². The average molecular weight is 229 g/mol. The van der Waals surface area contributed by atoms with Gasteiger partial charge in [0.25, 0.3) is 0 Å². The minimum absolute atomic E-state index is 0.0447. The Bertz CT molecular complexity index is 382. The Morgan fingerprint density at radius 1 is 1.47 bits per heavy atom. The molecule has 0 aromatic heterocycles. The van der Waals surface area contributed by atoms with E-state index < -0.39 is 0 Å². The van der Waals surface area contributed by atoms with Crippen molar-refractivity contribution < 1.29 is 0 Å². The molecule has 1 aliphatic heterocycles. The lowest BCUT2D eigenvalue weighted by atomic mass is 10.2. The second-order valence-corrected chi connectivity index (χ2v) is 4.72. The Morgan fingerprint density at radius 3 is 2.94 bits per heavy atom. The highest BCUT2D eigenvalue weighted by molar-refractivity contribution is 5.14.